The summed E-state index contributed by atoms with van der Waals surface area (Å²) in [4.78, 5) is 13.1. The van der Waals surface area contributed by atoms with Gasteiger partial charge in [0.1, 0.15) is 5.75 Å². The van der Waals surface area contributed by atoms with Crippen molar-refractivity contribution in [2.24, 2.45) is 0 Å². The molecule has 0 bridgehead atoms. The van der Waals surface area contributed by atoms with Gasteiger partial charge in [0.05, 0.1) is 13.7 Å². The minimum absolute atomic E-state index is 0.129. The monoisotopic (exact) mass is 330 g/mol. The van der Waals surface area contributed by atoms with E-state index in [2.05, 4.69) is 34.2 Å². The standard InChI is InChI=1S/C18H22N2O2S/c1-22-16-6-4-13(5-7-16)14-9-17(23-12-14)11-20-18(21)10-15-3-2-8-19-15/h4-7,9,12,15,19H,2-3,8,10-11H2,1H3,(H,20,21). The van der Waals surface area contributed by atoms with Gasteiger partial charge in [-0.15, -0.1) is 11.3 Å². The van der Waals surface area contributed by atoms with E-state index in [1.165, 1.54) is 16.9 Å². The van der Waals surface area contributed by atoms with E-state index >= 15 is 0 Å². The molecule has 2 heterocycles. The van der Waals surface area contributed by atoms with Crippen molar-refractivity contribution in [3.8, 4) is 16.9 Å². The molecule has 1 unspecified atom stereocenters. The van der Waals surface area contributed by atoms with E-state index in [-0.39, 0.29) is 5.91 Å². The minimum atomic E-state index is 0.129. The second-order valence-electron chi connectivity index (χ2n) is 5.80. The Bertz CT molecular complexity index is 645. The predicted octanol–water partition coefficient (Wildman–Crippen LogP) is 3.18. The normalized spacial score (nSPS) is 17.2. The SMILES string of the molecule is COc1ccc(-c2csc(CNC(=O)CC3CCCN3)c2)cc1. The second-order valence-corrected chi connectivity index (χ2v) is 6.80. The number of amides is 1. The molecule has 1 aliphatic heterocycles. The van der Waals surface area contributed by atoms with Crippen LogP contribution in [0.3, 0.4) is 0 Å². The Kier molecular flexibility index (Phi) is 5.31. The topological polar surface area (TPSA) is 50.4 Å². The number of ether oxygens (including phenoxy) is 1. The molecule has 1 atom stereocenters. The first-order valence-electron chi connectivity index (χ1n) is 7.96. The van der Waals surface area contributed by atoms with Crippen molar-refractivity contribution in [1.29, 1.82) is 0 Å². The van der Waals surface area contributed by atoms with Crippen LogP contribution in [0.5, 0.6) is 5.75 Å². The summed E-state index contributed by atoms with van der Waals surface area (Å²) in [6, 6.07) is 10.5. The van der Waals surface area contributed by atoms with Crippen molar-refractivity contribution in [3.63, 3.8) is 0 Å². The molecule has 0 radical (unpaired) electrons. The lowest BCUT2D eigenvalue weighted by atomic mass is 10.1. The summed E-state index contributed by atoms with van der Waals surface area (Å²) in [5.41, 5.74) is 2.34. The Morgan fingerprint density at radius 3 is 2.87 bits per heavy atom. The van der Waals surface area contributed by atoms with Crippen molar-refractivity contribution in [2.45, 2.75) is 31.8 Å². The minimum Gasteiger partial charge on any atom is -0.497 e. The van der Waals surface area contributed by atoms with E-state index in [9.17, 15) is 4.79 Å². The number of hydrogen-bond donors (Lipinski definition) is 2. The Hall–Kier alpha value is -1.85. The maximum atomic E-state index is 12.0. The fraction of sp³-hybridized carbons (Fsp3) is 0.389. The molecular formula is C18H22N2O2S. The summed E-state index contributed by atoms with van der Waals surface area (Å²) in [7, 11) is 1.67. The van der Waals surface area contributed by atoms with Crippen LogP contribution in [0.1, 0.15) is 24.1 Å². The van der Waals surface area contributed by atoms with Crippen molar-refractivity contribution in [2.75, 3.05) is 13.7 Å². The zero-order valence-corrected chi connectivity index (χ0v) is 14.1. The van der Waals surface area contributed by atoms with Crippen LogP contribution in [0.25, 0.3) is 11.1 Å². The lowest BCUT2D eigenvalue weighted by molar-refractivity contribution is -0.121. The summed E-state index contributed by atoms with van der Waals surface area (Å²) in [6.07, 6.45) is 2.86. The molecule has 0 aliphatic carbocycles. The molecule has 122 valence electrons. The third-order valence-electron chi connectivity index (χ3n) is 4.13. The van der Waals surface area contributed by atoms with E-state index in [1.54, 1.807) is 18.4 Å². The van der Waals surface area contributed by atoms with Gasteiger partial charge in [0.25, 0.3) is 0 Å². The van der Waals surface area contributed by atoms with E-state index in [1.807, 2.05) is 12.1 Å². The molecule has 1 aliphatic rings. The first-order valence-corrected chi connectivity index (χ1v) is 8.84. The molecule has 1 aromatic carbocycles. The van der Waals surface area contributed by atoms with Gasteiger partial charge in [0, 0.05) is 17.3 Å². The van der Waals surface area contributed by atoms with E-state index in [4.69, 9.17) is 4.74 Å². The van der Waals surface area contributed by atoms with Gasteiger partial charge in [-0.25, -0.2) is 0 Å². The number of benzene rings is 1. The Balaban J connectivity index is 1.53. The van der Waals surface area contributed by atoms with E-state index in [0.29, 0.717) is 19.0 Å². The lowest BCUT2D eigenvalue weighted by Crippen LogP contribution is -2.31. The van der Waals surface area contributed by atoms with Crippen molar-refractivity contribution in [1.82, 2.24) is 10.6 Å². The molecule has 2 N–H and O–H groups in total. The van der Waals surface area contributed by atoms with Gasteiger partial charge in [-0.2, -0.15) is 0 Å². The molecule has 0 spiro atoms. The lowest BCUT2D eigenvalue weighted by Gasteiger charge is -2.09. The van der Waals surface area contributed by atoms with Crippen LogP contribution in [0.4, 0.5) is 0 Å². The van der Waals surface area contributed by atoms with Gasteiger partial charge < -0.3 is 15.4 Å². The van der Waals surface area contributed by atoms with Gasteiger partial charge in [0.15, 0.2) is 0 Å². The number of rotatable bonds is 6. The number of thiophene rings is 1. The molecule has 0 saturated carbocycles. The number of carbonyl (C=O) groups is 1. The van der Waals surface area contributed by atoms with Gasteiger partial charge in [-0.1, -0.05) is 12.1 Å². The summed E-state index contributed by atoms with van der Waals surface area (Å²) >= 11 is 1.68. The second kappa shape index (κ2) is 7.62. The van der Waals surface area contributed by atoms with Crippen LogP contribution >= 0.6 is 11.3 Å². The third-order valence-corrected chi connectivity index (χ3v) is 5.07. The highest BCUT2D eigenvalue weighted by Crippen LogP contribution is 2.27. The van der Waals surface area contributed by atoms with Crippen molar-refractivity contribution < 1.29 is 9.53 Å². The van der Waals surface area contributed by atoms with E-state index in [0.717, 1.165) is 24.3 Å². The zero-order chi connectivity index (χ0) is 16.1. The molecule has 1 fully saturated rings. The maximum Gasteiger partial charge on any atom is 0.221 e. The van der Waals surface area contributed by atoms with Gasteiger partial charge in [-0.3, -0.25) is 4.79 Å². The molecule has 1 aromatic heterocycles. The van der Waals surface area contributed by atoms with Gasteiger partial charge in [-0.05, 0) is 54.1 Å². The molecule has 4 nitrogen and oxygen atoms in total. The maximum absolute atomic E-state index is 12.0. The Morgan fingerprint density at radius 2 is 2.17 bits per heavy atom. The number of methoxy groups -OCH3 is 1. The molecule has 3 rings (SSSR count). The van der Waals surface area contributed by atoms with Crippen LogP contribution < -0.4 is 15.4 Å². The first-order chi connectivity index (χ1) is 11.2. The molecule has 1 saturated heterocycles. The fourth-order valence-corrected chi connectivity index (χ4v) is 3.65. The van der Waals surface area contributed by atoms with Gasteiger partial charge in [0.2, 0.25) is 5.91 Å². The van der Waals surface area contributed by atoms with Crippen LogP contribution in [-0.4, -0.2) is 25.6 Å². The average molecular weight is 330 g/mol. The largest absolute Gasteiger partial charge is 0.497 e. The highest BCUT2D eigenvalue weighted by atomic mass is 32.1. The molecular weight excluding hydrogens is 308 g/mol. The summed E-state index contributed by atoms with van der Waals surface area (Å²) in [6.45, 7) is 1.64. The molecule has 1 amide bonds. The van der Waals surface area contributed by atoms with E-state index < -0.39 is 0 Å². The van der Waals surface area contributed by atoms with Crippen LogP contribution in [0.2, 0.25) is 0 Å². The summed E-state index contributed by atoms with van der Waals surface area (Å²) in [5.74, 6) is 0.987. The Labute approximate surface area is 140 Å². The predicted molar refractivity (Wildman–Crippen MR) is 93.8 cm³/mol. The number of carbonyl (C=O) groups excluding carboxylic acids is 1. The molecule has 5 heteroatoms. The fourth-order valence-electron chi connectivity index (χ4n) is 2.82. The van der Waals surface area contributed by atoms with Crippen molar-refractivity contribution >= 4 is 17.2 Å². The highest BCUT2D eigenvalue weighted by Gasteiger charge is 2.17. The smallest absolute Gasteiger partial charge is 0.221 e. The average Bonchev–Trinajstić information content (AvgIpc) is 3.25. The Morgan fingerprint density at radius 1 is 1.35 bits per heavy atom. The quantitative estimate of drug-likeness (QED) is 0.855. The van der Waals surface area contributed by atoms with Crippen LogP contribution in [-0.2, 0) is 11.3 Å². The van der Waals surface area contributed by atoms with Crippen molar-refractivity contribution in [3.05, 3.63) is 40.6 Å². The summed E-state index contributed by atoms with van der Waals surface area (Å²) in [5, 5.41) is 8.50. The zero-order valence-electron chi connectivity index (χ0n) is 13.3. The first kappa shape index (κ1) is 16.0. The highest BCUT2D eigenvalue weighted by molar-refractivity contribution is 7.10. The molecule has 2 aromatic rings. The summed E-state index contributed by atoms with van der Waals surface area (Å²) < 4.78 is 5.18. The van der Waals surface area contributed by atoms with Crippen LogP contribution in [0.15, 0.2) is 35.7 Å². The number of hydrogen-bond acceptors (Lipinski definition) is 4. The molecule has 23 heavy (non-hydrogen) atoms. The van der Waals surface area contributed by atoms with Gasteiger partial charge >= 0.3 is 0 Å². The number of nitrogens with one attached hydrogen (secondary N) is 2. The third kappa shape index (κ3) is 4.33. The van der Waals surface area contributed by atoms with Crippen LogP contribution in [0, 0.1) is 0 Å².